The number of ketones is 1. The monoisotopic (exact) mass is 580 g/mol. The predicted molar refractivity (Wildman–Crippen MR) is 156 cm³/mol. The maximum Gasteiger partial charge on any atom is 0.328 e. The maximum atomic E-state index is 13.2. The number of aliphatic carboxylic acids is 1. The van der Waals surface area contributed by atoms with Gasteiger partial charge in [0.05, 0.1) is 12.5 Å². The molecule has 5 N–H and O–H groups in total. The molecule has 1 unspecified atom stereocenters. The number of rotatable bonds is 15. The fourth-order valence-electron chi connectivity index (χ4n) is 4.02. The molecule has 2 aromatic rings. The van der Waals surface area contributed by atoms with Crippen LogP contribution in [0, 0.1) is 5.92 Å². The minimum absolute atomic E-state index is 0.0497. The predicted octanol–water partition coefficient (Wildman–Crippen LogP) is 1.54. The average molecular weight is 581 g/mol. The summed E-state index contributed by atoms with van der Waals surface area (Å²) in [6, 6.07) is 14.6. The van der Waals surface area contributed by atoms with E-state index in [1.165, 1.54) is 20.8 Å². The van der Waals surface area contributed by atoms with Gasteiger partial charge in [-0.2, -0.15) is 0 Å². The van der Waals surface area contributed by atoms with E-state index in [0.717, 1.165) is 11.1 Å². The first-order valence-electron chi connectivity index (χ1n) is 13.8. The molecule has 0 radical (unpaired) electrons. The second-order valence-corrected chi connectivity index (χ2v) is 10.8. The van der Waals surface area contributed by atoms with Crippen LogP contribution < -0.4 is 21.3 Å². The van der Waals surface area contributed by atoms with Gasteiger partial charge in [-0.25, -0.2) is 4.79 Å². The van der Waals surface area contributed by atoms with Crippen molar-refractivity contribution in [2.75, 3.05) is 0 Å². The van der Waals surface area contributed by atoms with Gasteiger partial charge < -0.3 is 26.4 Å². The van der Waals surface area contributed by atoms with Gasteiger partial charge in [-0.1, -0.05) is 80.9 Å². The van der Waals surface area contributed by atoms with Gasteiger partial charge in [0.25, 0.3) is 5.91 Å². The second kappa shape index (κ2) is 15.5. The van der Waals surface area contributed by atoms with Crippen molar-refractivity contribution < 1.29 is 33.9 Å². The lowest BCUT2D eigenvalue weighted by atomic mass is 9.96. The van der Waals surface area contributed by atoms with E-state index in [2.05, 4.69) is 21.3 Å². The summed E-state index contributed by atoms with van der Waals surface area (Å²) < 4.78 is 0. The number of carboxylic acids is 1. The standard InChI is InChI=1S/C31H40N4O7/c1-6-19(2)25(28(39)35-31(4,5)30(41)42)34-29(40)26(37)20(3)32-27(38)23(17-21-13-9-7-10-14-21)33-24(36)18-22-15-11-8-12-16-22/h7-16,19-20,23,25H,6,17-18H2,1-5H3,(H,32,38)(H,33,36)(H,34,40)(H,35,39)(H,41,42)/t19-,20?,23-,25-/m0/s1. The zero-order valence-corrected chi connectivity index (χ0v) is 24.6. The number of hydrogen-bond acceptors (Lipinski definition) is 6. The van der Waals surface area contributed by atoms with E-state index in [9.17, 15) is 33.9 Å². The van der Waals surface area contributed by atoms with E-state index in [4.69, 9.17) is 0 Å². The average Bonchev–Trinajstić information content (AvgIpc) is 2.95. The van der Waals surface area contributed by atoms with Crippen LogP contribution in [0.25, 0.3) is 0 Å². The molecule has 0 aliphatic heterocycles. The summed E-state index contributed by atoms with van der Waals surface area (Å²) in [5, 5.41) is 19.3. The molecule has 0 heterocycles. The molecule has 0 fully saturated rings. The van der Waals surface area contributed by atoms with Crippen LogP contribution in [-0.4, -0.2) is 64.2 Å². The van der Waals surface area contributed by atoms with E-state index in [1.54, 1.807) is 62.4 Å². The van der Waals surface area contributed by atoms with Crippen LogP contribution in [0.15, 0.2) is 60.7 Å². The van der Waals surface area contributed by atoms with Crippen LogP contribution in [0.1, 0.15) is 52.2 Å². The summed E-state index contributed by atoms with van der Waals surface area (Å²) in [4.78, 5) is 76.1. The highest BCUT2D eigenvalue weighted by molar-refractivity contribution is 6.38. The van der Waals surface area contributed by atoms with Crippen LogP contribution >= 0.6 is 0 Å². The zero-order chi connectivity index (χ0) is 31.4. The molecule has 0 aromatic heterocycles. The van der Waals surface area contributed by atoms with Gasteiger partial charge in [0.2, 0.25) is 23.5 Å². The Balaban J connectivity index is 2.12. The first-order chi connectivity index (χ1) is 19.7. The van der Waals surface area contributed by atoms with Crippen molar-refractivity contribution in [1.82, 2.24) is 21.3 Å². The summed E-state index contributed by atoms with van der Waals surface area (Å²) in [6.07, 6.45) is 0.653. The number of nitrogens with one attached hydrogen (secondary N) is 4. The van der Waals surface area contributed by atoms with E-state index >= 15 is 0 Å². The normalized spacial score (nSPS) is 13.9. The Morgan fingerprint density at radius 3 is 1.86 bits per heavy atom. The summed E-state index contributed by atoms with van der Waals surface area (Å²) in [5.74, 6) is -5.60. The molecule has 42 heavy (non-hydrogen) atoms. The van der Waals surface area contributed by atoms with Crippen LogP contribution in [-0.2, 0) is 41.6 Å². The van der Waals surface area contributed by atoms with Crippen molar-refractivity contribution in [2.45, 2.75) is 77.5 Å². The van der Waals surface area contributed by atoms with Gasteiger partial charge in [0.15, 0.2) is 0 Å². The number of hydrogen-bond donors (Lipinski definition) is 5. The Labute approximate surface area is 245 Å². The summed E-state index contributed by atoms with van der Waals surface area (Å²) >= 11 is 0. The molecule has 11 nitrogen and oxygen atoms in total. The Bertz CT molecular complexity index is 1260. The first-order valence-corrected chi connectivity index (χ1v) is 13.8. The molecule has 2 rings (SSSR count). The minimum Gasteiger partial charge on any atom is -0.480 e. The molecular formula is C31H40N4O7. The van der Waals surface area contributed by atoms with Crippen LogP contribution in [0.2, 0.25) is 0 Å². The highest BCUT2D eigenvalue weighted by Gasteiger charge is 2.36. The highest BCUT2D eigenvalue weighted by atomic mass is 16.4. The molecule has 0 bridgehead atoms. The fraction of sp³-hybridized carbons (Fsp3) is 0.419. The number of carbonyl (C=O) groups is 6. The number of Topliss-reactive ketones (excluding diaryl/α,β-unsaturated/α-hetero) is 1. The van der Waals surface area contributed by atoms with Crippen molar-refractivity contribution in [3.8, 4) is 0 Å². The quantitative estimate of drug-likeness (QED) is 0.199. The fourth-order valence-corrected chi connectivity index (χ4v) is 4.02. The Hall–Kier alpha value is -4.54. The SMILES string of the molecule is CC[C@H](C)[C@H](NC(=O)C(=O)C(C)NC(=O)[C@H](Cc1ccccc1)NC(=O)Cc1ccccc1)C(=O)NC(C)(C)C(=O)O. The zero-order valence-electron chi connectivity index (χ0n) is 24.6. The Kier molecular flexibility index (Phi) is 12.4. The van der Waals surface area contributed by atoms with Crippen molar-refractivity contribution in [3.05, 3.63) is 71.8 Å². The van der Waals surface area contributed by atoms with Crippen molar-refractivity contribution >= 4 is 35.4 Å². The Morgan fingerprint density at radius 2 is 1.33 bits per heavy atom. The van der Waals surface area contributed by atoms with Gasteiger partial charge in [0, 0.05) is 6.42 Å². The molecule has 0 aliphatic rings. The lowest BCUT2D eigenvalue weighted by Gasteiger charge is -2.28. The van der Waals surface area contributed by atoms with Crippen LogP contribution in [0.4, 0.5) is 0 Å². The Morgan fingerprint density at radius 1 is 0.786 bits per heavy atom. The molecule has 4 amide bonds. The van der Waals surface area contributed by atoms with Crippen molar-refractivity contribution in [1.29, 1.82) is 0 Å². The molecule has 0 aliphatic carbocycles. The minimum atomic E-state index is -1.60. The first kappa shape index (κ1) is 33.7. The summed E-state index contributed by atoms with van der Waals surface area (Å²) in [5.41, 5.74) is -0.0564. The van der Waals surface area contributed by atoms with Gasteiger partial charge in [-0.05, 0) is 37.8 Å². The summed E-state index contributed by atoms with van der Waals surface area (Å²) in [6.45, 7) is 7.40. The van der Waals surface area contributed by atoms with Gasteiger partial charge in [-0.15, -0.1) is 0 Å². The molecule has 226 valence electrons. The van der Waals surface area contributed by atoms with Crippen LogP contribution in [0.3, 0.4) is 0 Å². The number of benzene rings is 2. The summed E-state index contributed by atoms with van der Waals surface area (Å²) in [7, 11) is 0. The van der Waals surface area contributed by atoms with Gasteiger partial charge >= 0.3 is 5.97 Å². The molecule has 0 saturated carbocycles. The smallest absolute Gasteiger partial charge is 0.328 e. The van der Waals surface area contributed by atoms with Crippen molar-refractivity contribution in [2.24, 2.45) is 5.92 Å². The third-order valence-corrected chi connectivity index (χ3v) is 6.87. The number of carboxylic acid groups (broad SMARTS) is 1. The van der Waals surface area contributed by atoms with Crippen molar-refractivity contribution in [3.63, 3.8) is 0 Å². The highest BCUT2D eigenvalue weighted by Crippen LogP contribution is 2.12. The number of carbonyl (C=O) groups excluding carboxylic acids is 5. The van der Waals surface area contributed by atoms with E-state index in [-0.39, 0.29) is 18.7 Å². The maximum absolute atomic E-state index is 13.2. The molecule has 0 spiro atoms. The van der Waals surface area contributed by atoms with Crippen LogP contribution in [0.5, 0.6) is 0 Å². The third kappa shape index (κ3) is 10.1. The molecule has 0 saturated heterocycles. The molecular weight excluding hydrogens is 540 g/mol. The molecule has 2 aromatic carbocycles. The largest absolute Gasteiger partial charge is 0.480 e. The molecule has 4 atom stereocenters. The second-order valence-electron chi connectivity index (χ2n) is 10.8. The topological polar surface area (TPSA) is 171 Å². The van der Waals surface area contributed by atoms with E-state index in [0.29, 0.717) is 6.42 Å². The van der Waals surface area contributed by atoms with E-state index in [1.807, 2.05) is 12.1 Å². The molecule has 11 heteroatoms. The van der Waals surface area contributed by atoms with E-state index < -0.39 is 59.1 Å². The number of amides is 4. The third-order valence-electron chi connectivity index (χ3n) is 6.87. The van der Waals surface area contributed by atoms with Gasteiger partial charge in [-0.3, -0.25) is 24.0 Å². The lowest BCUT2D eigenvalue weighted by molar-refractivity contribution is -0.147. The lowest BCUT2D eigenvalue weighted by Crippen LogP contribution is -2.60. The van der Waals surface area contributed by atoms with Gasteiger partial charge in [0.1, 0.15) is 17.6 Å².